The van der Waals surface area contributed by atoms with E-state index in [0.717, 1.165) is 15.8 Å². The first-order chi connectivity index (χ1) is 10.4. The fourth-order valence-electron chi connectivity index (χ4n) is 2.87. The van der Waals surface area contributed by atoms with Crippen molar-refractivity contribution in [2.24, 2.45) is 0 Å². The Bertz CT molecular complexity index is 727. The first kappa shape index (κ1) is 14.8. The summed E-state index contributed by atoms with van der Waals surface area (Å²) in [6.07, 6.45) is -4.38. The zero-order chi connectivity index (χ0) is 15.9. The molecule has 2 aromatic rings. The Kier molecular flexibility index (Phi) is 3.56. The summed E-state index contributed by atoms with van der Waals surface area (Å²) in [5, 5.41) is 2.64. The molecule has 0 unspecified atom stereocenters. The molecule has 0 spiro atoms. The summed E-state index contributed by atoms with van der Waals surface area (Å²) in [6.45, 7) is 1.72. The van der Waals surface area contributed by atoms with Crippen molar-refractivity contribution in [3.63, 3.8) is 0 Å². The average Bonchev–Trinajstić information content (AvgIpc) is 2.84. The number of nitrogens with zero attached hydrogens (tertiary/aromatic N) is 1. The molecule has 1 aliphatic rings. The summed E-state index contributed by atoms with van der Waals surface area (Å²) in [6, 6.07) is 8.78. The van der Waals surface area contributed by atoms with E-state index in [2.05, 4.69) is 5.43 Å². The maximum absolute atomic E-state index is 13.6. The Morgan fingerprint density at radius 1 is 1.18 bits per heavy atom. The van der Waals surface area contributed by atoms with Crippen LogP contribution in [-0.4, -0.2) is 23.6 Å². The fourth-order valence-corrected chi connectivity index (χ4v) is 2.87. The number of alkyl halides is 3. The first-order valence-electron chi connectivity index (χ1n) is 6.98. The molecular weight excluding hydrogens is 293 g/mol. The van der Waals surface area contributed by atoms with E-state index in [4.69, 9.17) is 0 Å². The van der Waals surface area contributed by atoms with Crippen molar-refractivity contribution in [2.75, 3.05) is 6.54 Å². The molecule has 1 N–H and O–H groups in total. The van der Waals surface area contributed by atoms with Crippen LogP contribution in [0.15, 0.2) is 36.4 Å². The summed E-state index contributed by atoms with van der Waals surface area (Å²) in [7, 11) is 0. The van der Waals surface area contributed by atoms with Gasteiger partial charge >= 0.3 is 6.18 Å². The van der Waals surface area contributed by atoms with E-state index in [0.29, 0.717) is 5.56 Å². The van der Waals surface area contributed by atoms with Gasteiger partial charge in [0.1, 0.15) is 6.04 Å². The molecule has 0 aromatic heterocycles. The summed E-state index contributed by atoms with van der Waals surface area (Å²) < 4.78 is 40.7. The van der Waals surface area contributed by atoms with Crippen LogP contribution in [0.1, 0.15) is 23.6 Å². The lowest BCUT2D eigenvalue weighted by molar-refractivity contribution is -0.191. The van der Waals surface area contributed by atoms with Crippen molar-refractivity contribution in [3.8, 4) is 0 Å². The number of hydrogen-bond acceptors (Lipinski definition) is 2. The molecule has 1 atom stereocenters. The highest BCUT2D eigenvalue weighted by Crippen LogP contribution is 2.40. The third-order valence-corrected chi connectivity index (χ3v) is 3.90. The standard InChI is InChI=1S/C16H15F3N2O/c1-10-8-11-4-2-3-5-12(11)9-13(10)15(16(17,18)19)21-7-6-14(22)20-21/h2-5,8-9,15H,6-7H2,1H3,(H,20,22)/t15-/m0/s1. The number of hydrazine groups is 1. The molecule has 2 aromatic carbocycles. The van der Waals surface area contributed by atoms with Gasteiger partial charge in [0, 0.05) is 13.0 Å². The second kappa shape index (κ2) is 5.28. The maximum atomic E-state index is 13.6. The highest BCUT2D eigenvalue weighted by Gasteiger charge is 2.47. The Morgan fingerprint density at radius 2 is 1.82 bits per heavy atom. The molecule has 3 nitrogen and oxygen atoms in total. The molecular formula is C16H15F3N2O. The number of nitrogens with one attached hydrogen (secondary N) is 1. The number of amides is 1. The Balaban J connectivity index is 2.11. The van der Waals surface area contributed by atoms with Crippen molar-refractivity contribution in [2.45, 2.75) is 25.6 Å². The van der Waals surface area contributed by atoms with Gasteiger partial charge in [0.25, 0.3) is 0 Å². The van der Waals surface area contributed by atoms with Crippen LogP contribution in [0.25, 0.3) is 10.8 Å². The molecule has 1 saturated heterocycles. The molecule has 1 heterocycles. The van der Waals surface area contributed by atoms with Gasteiger partial charge in [-0.15, -0.1) is 0 Å². The van der Waals surface area contributed by atoms with E-state index >= 15 is 0 Å². The largest absolute Gasteiger partial charge is 0.409 e. The zero-order valence-corrected chi connectivity index (χ0v) is 11.9. The molecule has 1 aliphatic heterocycles. The number of aryl methyl sites for hydroxylation is 1. The van der Waals surface area contributed by atoms with Crippen LogP contribution in [0.4, 0.5) is 13.2 Å². The second-order valence-electron chi connectivity index (χ2n) is 5.48. The summed E-state index contributed by atoms with van der Waals surface area (Å²) in [4.78, 5) is 11.3. The number of carbonyl (C=O) groups is 1. The number of carbonyl (C=O) groups excluding carboxylic acids is 1. The lowest BCUT2D eigenvalue weighted by Crippen LogP contribution is -2.43. The van der Waals surface area contributed by atoms with Crippen LogP contribution in [-0.2, 0) is 4.79 Å². The van der Waals surface area contributed by atoms with E-state index in [9.17, 15) is 18.0 Å². The van der Waals surface area contributed by atoms with Crippen molar-refractivity contribution in [1.29, 1.82) is 0 Å². The van der Waals surface area contributed by atoms with Crippen LogP contribution in [0.5, 0.6) is 0 Å². The molecule has 0 bridgehead atoms. The molecule has 22 heavy (non-hydrogen) atoms. The van der Waals surface area contributed by atoms with Gasteiger partial charge in [-0.25, -0.2) is 5.01 Å². The Hall–Kier alpha value is -2.08. The number of hydrogen-bond donors (Lipinski definition) is 1. The van der Waals surface area contributed by atoms with Crippen LogP contribution >= 0.6 is 0 Å². The van der Waals surface area contributed by atoms with Crippen LogP contribution in [0.2, 0.25) is 0 Å². The minimum absolute atomic E-state index is 0.0509. The lowest BCUT2D eigenvalue weighted by Gasteiger charge is -2.30. The molecule has 3 rings (SSSR count). The number of halogens is 3. The number of rotatable bonds is 2. The van der Waals surface area contributed by atoms with Gasteiger partial charge in [-0.05, 0) is 34.9 Å². The van der Waals surface area contributed by atoms with Gasteiger partial charge in [0.05, 0.1) is 0 Å². The smallest absolute Gasteiger partial charge is 0.288 e. The van der Waals surface area contributed by atoms with Crippen LogP contribution < -0.4 is 5.43 Å². The minimum atomic E-state index is -4.47. The fraction of sp³-hybridized carbons (Fsp3) is 0.312. The Morgan fingerprint density at radius 3 is 2.36 bits per heavy atom. The molecule has 0 aliphatic carbocycles. The van der Waals surface area contributed by atoms with Crippen LogP contribution in [0.3, 0.4) is 0 Å². The van der Waals surface area contributed by atoms with Gasteiger partial charge in [0.15, 0.2) is 0 Å². The normalized spacial score (nSPS) is 17.7. The molecule has 1 amide bonds. The van der Waals surface area contributed by atoms with Gasteiger partial charge in [0.2, 0.25) is 5.91 Å². The van der Waals surface area contributed by atoms with Gasteiger partial charge in [-0.1, -0.05) is 30.3 Å². The quantitative estimate of drug-likeness (QED) is 0.921. The second-order valence-corrected chi connectivity index (χ2v) is 5.48. The highest BCUT2D eigenvalue weighted by atomic mass is 19.4. The number of benzene rings is 2. The van der Waals surface area contributed by atoms with E-state index in [-0.39, 0.29) is 24.4 Å². The maximum Gasteiger partial charge on any atom is 0.409 e. The predicted molar refractivity (Wildman–Crippen MR) is 76.9 cm³/mol. The van der Waals surface area contributed by atoms with E-state index in [1.165, 1.54) is 0 Å². The minimum Gasteiger partial charge on any atom is -0.288 e. The third-order valence-electron chi connectivity index (χ3n) is 3.90. The lowest BCUT2D eigenvalue weighted by atomic mass is 9.96. The monoisotopic (exact) mass is 308 g/mol. The van der Waals surface area contributed by atoms with Crippen molar-refractivity contribution in [1.82, 2.24) is 10.4 Å². The number of fused-ring (bicyclic) bond motifs is 1. The topological polar surface area (TPSA) is 32.3 Å². The Labute approximate surface area is 125 Å². The highest BCUT2D eigenvalue weighted by molar-refractivity contribution is 5.84. The summed E-state index contributed by atoms with van der Waals surface area (Å²) >= 11 is 0. The van der Waals surface area contributed by atoms with E-state index in [1.807, 2.05) is 12.1 Å². The van der Waals surface area contributed by atoms with Crippen molar-refractivity contribution >= 4 is 16.7 Å². The van der Waals surface area contributed by atoms with E-state index in [1.54, 1.807) is 31.2 Å². The van der Waals surface area contributed by atoms with Gasteiger partial charge < -0.3 is 0 Å². The van der Waals surface area contributed by atoms with Crippen molar-refractivity contribution in [3.05, 3.63) is 47.5 Å². The first-order valence-corrected chi connectivity index (χ1v) is 6.98. The van der Waals surface area contributed by atoms with E-state index < -0.39 is 12.2 Å². The molecule has 0 radical (unpaired) electrons. The summed E-state index contributed by atoms with van der Waals surface area (Å²) in [5.41, 5.74) is 3.04. The molecule has 116 valence electrons. The molecule has 6 heteroatoms. The molecule has 1 fully saturated rings. The SMILES string of the molecule is Cc1cc2ccccc2cc1[C@H](N1CCC(=O)N1)C(F)(F)F. The summed E-state index contributed by atoms with van der Waals surface area (Å²) in [5.74, 6) is -0.382. The third kappa shape index (κ3) is 2.66. The average molecular weight is 308 g/mol. The zero-order valence-electron chi connectivity index (χ0n) is 11.9. The molecule has 0 saturated carbocycles. The van der Waals surface area contributed by atoms with Gasteiger partial charge in [-0.2, -0.15) is 13.2 Å². The predicted octanol–water partition coefficient (Wildman–Crippen LogP) is 3.49. The van der Waals surface area contributed by atoms with Gasteiger partial charge in [-0.3, -0.25) is 10.2 Å². The van der Waals surface area contributed by atoms with Crippen LogP contribution in [0, 0.1) is 6.92 Å². The van der Waals surface area contributed by atoms with Crippen molar-refractivity contribution < 1.29 is 18.0 Å².